The van der Waals surface area contributed by atoms with Crippen molar-refractivity contribution in [1.82, 2.24) is 0 Å². The van der Waals surface area contributed by atoms with Crippen LogP contribution < -0.4 is 14.4 Å². The molecule has 0 aliphatic carbocycles. The van der Waals surface area contributed by atoms with Crippen LogP contribution in [-0.2, 0) is 14.4 Å². The minimum Gasteiger partial charge on any atom is -0.507 e. The lowest BCUT2D eigenvalue weighted by molar-refractivity contribution is -0.132. The average Bonchev–Trinajstić information content (AvgIpc) is 3.14. The molecule has 1 saturated heterocycles. The monoisotopic (exact) mass is 482 g/mol. The summed E-state index contributed by atoms with van der Waals surface area (Å²) < 4.78 is 10.5. The van der Waals surface area contributed by atoms with E-state index in [0.717, 1.165) is 5.56 Å². The lowest BCUT2D eigenvalue weighted by Gasteiger charge is -2.25. The Morgan fingerprint density at radius 3 is 2.28 bits per heavy atom. The summed E-state index contributed by atoms with van der Waals surface area (Å²) in [4.78, 5) is 39.2. The normalized spacial score (nSPS) is 16.5. The van der Waals surface area contributed by atoms with Crippen LogP contribution in [0.15, 0.2) is 72.3 Å². The predicted octanol–water partition coefficient (Wildman–Crippen LogP) is 4.43. The van der Waals surface area contributed by atoms with E-state index >= 15 is 0 Å². The number of nitrogens with zero attached hydrogens (tertiary/aromatic N) is 2. The van der Waals surface area contributed by atoms with Crippen molar-refractivity contribution >= 4 is 29.1 Å². The third kappa shape index (κ3) is 4.42. The van der Waals surface area contributed by atoms with Gasteiger partial charge in [-0.1, -0.05) is 23.8 Å². The van der Waals surface area contributed by atoms with Gasteiger partial charge in [0.2, 0.25) is 0 Å². The fraction of sp³-hybridized carbons (Fsp3) is 0.143. The zero-order valence-electron chi connectivity index (χ0n) is 19.8. The zero-order chi connectivity index (χ0) is 26.0. The van der Waals surface area contributed by atoms with Crippen molar-refractivity contribution in [3.8, 4) is 17.6 Å². The number of amides is 1. The fourth-order valence-corrected chi connectivity index (χ4v) is 4.15. The highest BCUT2D eigenvalue weighted by molar-refractivity contribution is 6.51. The zero-order valence-corrected chi connectivity index (χ0v) is 19.8. The minimum atomic E-state index is -0.991. The van der Waals surface area contributed by atoms with Crippen molar-refractivity contribution in [3.63, 3.8) is 0 Å². The lowest BCUT2D eigenvalue weighted by Crippen LogP contribution is -2.29. The van der Waals surface area contributed by atoms with Gasteiger partial charge in [0.25, 0.3) is 11.7 Å². The number of ketones is 1. The molecule has 4 rings (SSSR count). The molecule has 8 heteroatoms. The number of aryl methyl sites for hydroxylation is 1. The number of hydrogen-bond donors (Lipinski definition) is 1. The maximum Gasteiger partial charge on any atom is 0.308 e. The molecule has 3 aromatic rings. The van der Waals surface area contributed by atoms with Crippen LogP contribution in [0.3, 0.4) is 0 Å². The molecule has 0 aromatic heterocycles. The molecule has 1 N–H and O–H groups in total. The third-order valence-electron chi connectivity index (χ3n) is 5.79. The molecule has 1 heterocycles. The van der Waals surface area contributed by atoms with Crippen LogP contribution in [-0.4, -0.2) is 29.9 Å². The summed E-state index contributed by atoms with van der Waals surface area (Å²) in [5, 5.41) is 20.5. The third-order valence-corrected chi connectivity index (χ3v) is 5.79. The molecular weight excluding hydrogens is 460 g/mol. The number of esters is 1. The highest BCUT2D eigenvalue weighted by Gasteiger charge is 2.47. The van der Waals surface area contributed by atoms with Crippen LogP contribution in [0.2, 0.25) is 0 Å². The summed E-state index contributed by atoms with van der Waals surface area (Å²) in [6.07, 6.45) is 0. The number of aliphatic hydroxyl groups is 1. The first-order chi connectivity index (χ1) is 17.2. The predicted molar refractivity (Wildman–Crippen MR) is 131 cm³/mol. The van der Waals surface area contributed by atoms with Crippen molar-refractivity contribution in [1.29, 1.82) is 5.26 Å². The van der Waals surface area contributed by atoms with E-state index in [2.05, 4.69) is 0 Å². The minimum absolute atomic E-state index is 0.117. The van der Waals surface area contributed by atoms with E-state index in [4.69, 9.17) is 14.7 Å². The van der Waals surface area contributed by atoms with E-state index in [1.165, 1.54) is 18.9 Å². The Kier molecular flexibility index (Phi) is 6.57. The molecule has 3 aromatic carbocycles. The Hall–Kier alpha value is -4.90. The van der Waals surface area contributed by atoms with Crippen LogP contribution in [0.5, 0.6) is 11.5 Å². The first-order valence-corrected chi connectivity index (χ1v) is 11.0. The van der Waals surface area contributed by atoms with Crippen LogP contribution in [0.1, 0.15) is 35.2 Å². The number of carbonyl (C=O) groups is 3. The van der Waals surface area contributed by atoms with Crippen LogP contribution >= 0.6 is 0 Å². The molecule has 180 valence electrons. The van der Waals surface area contributed by atoms with Gasteiger partial charge in [0.05, 0.1) is 35.9 Å². The number of benzene rings is 3. The van der Waals surface area contributed by atoms with Gasteiger partial charge in [-0.2, -0.15) is 5.26 Å². The maximum absolute atomic E-state index is 13.3. The molecule has 8 nitrogen and oxygen atoms in total. The molecule has 1 unspecified atom stereocenters. The van der Waals surface area contributed by atoms with E-state index in [-0.39, 0.29) is 16.9 Å². The van der Waals surface area contributed by atoms with Gasteiger partial charge in [0.1, 0.15) is 17.3 Å². The molecule has 0 spiro atoms. The summed E-state index contributed by atoms with van der Waals surface area (Å²) in [5.74, 6) is -1.93. The van der Waals surface area contributed by atoms with E-state index in [1.54, 1.807) is 66.7 Å². The molecular formula is C28H22N2O6. The summed E-state index contributed by atoms with van der Waals surface area (Å²) in [5.41, 5.74) is 2.25. The van der Waals surface area contributed by atoms with E-state index in [9.17, 15) is 19.5 Å². The Morgan fingerprint density at radius 2 is 1.69 bits per heavy atom. The van der Waals surface area contributed by atoms with Crippen molar-refractivity contribution in [2.75, 3.05) is 12.0 Å². The number of nitriles is 1. The van der Waals surface area contributed by atoms with Gasteiger partial charge in [-0.3, -0.25) is 19.3 Å². The fourth-order valence-electron chi connectivity index (χ4n) is 4.15. The average molecular weight is 482 g/mol. The first kappa shape index (κ1) is 24.2. The number of ether oxygens (including phenoxy) is 2. The van der Waals surface area contributed by atoms with Crippen molar-refractivity contribution in [3.05, 3.63) is 94.6 Å². The second-order valence-electron chi connectivity index (χ2n) is 8.19. The topological polar surface area (TPSA) is 117 Å². The summed E-state index contributed by atoms with van der Waals surface area (Å²) in [6, 6.07) is 18.7. The first-order valence-electron chi connectivity index (χ1n) is 11.0. The maximum atomic E-state index is 13.3. The largest absolute Gasteiger partial charge is 0.507 e. The van der Waals surface area contributed by atoms with Crippen molar-refractivity contribution in [2.45, 2.75) is 19.9 Å². The van der Waals surface area contributed by atoms with E-state index in [1.807, 2.05) is 13.0 Å². The Morgan fingerprint density at radius 1 is 1.03 bits per heavy atom. The van der Waals surface area contributed by atoms with Crippen LogP contribution in [0.4, 0.5) is 5.69 Å². The summed E-state index contributed by atoms with van der Waals surface area (Å²) in [6.45, 7) is 3.11. The number of rotatable bonds is 5. The molecule has 0 saturated carbocycles. The lowest BCUT2D eigenvalue weighted by atomic mass is 9.94. The summed E-state index contributed by atoms with van der Waals surface area (Å²) in [7, 11) is 1.45. The Labute approximate surface area is 207 Å². The van der Waals surface area contributed by atoms with Gasteiger partial charge >= 0.3 is 5.97 Å². The number of carbonyl (C=O) groups excluding carboxylic acids is 3. The van der Waals surface area contributed by atoms with Crippen molar-refractivity contribution < 1.29 is 29.0 Å². The van der Waals surface area contributed by atoms with Gasteiger partial charge in [-0.15, -0.1) is 0 Å². The molecule has 1 aliphatic heterocycles. The van der Waals surface area contributed by atoms with Gasteiger partial charge in [0, 0.05) is 12.6 Å². The second kappa shape index (κ2) is 9.76. The molecule has 1 amide bonds. The number of anilines is 1. The molecule has 36 heavy (non-hydrogen) atoms. The number of hydrogen-bond acceptors (Lipinski definition) is 7. The Balaban J connectivity index is 1.94. The van der Waals surface area contributed by atoms with Crippen LogP contribution in [0.25, 0.3) is 5.76 Å². The standard InChI is InChI=1S/C28H22N2O6/c1-16-4-13-23(35-3)22(14-16)26(32)24-25(19-7-11-21(12-8-19)36-17(2)31)30(28(34)27(24)33)20-9-5-18(15-29)6-10-20/h4-14,25,32H,1-3H3/b26-24+. The van der Waals surface area contributed by atoms with Crippen LogP contribution in [0, 0.1) is 18.3 Å². The molecule has 0 bridgehead atoms. The molecule has 1 atom stereocenters. The highest BCUT2D eigenvalue weighted by atomic mass is 16.5. The van der Waals surface area contributed by atoms with Gasteiger partial charge < -0.3 is 14.6 Å². The number of methoxy groups -OCH3 is 1. The van der Waals surface area contributed by atoms with E-state index in [0.29, 0.717) is 28.3 Å². The quantitative estimate of drug-likeness (QED) is 0.188. The SMILES string of the molecule is COc1ccc(C)cc1/C(O)=C1\C(=O)C(=O)N(c2ccc(C#N)cc2)C1c1ccc(OC(C)=O)cc1. The highest BCUT2D eigenvalue weighted by Crippen LogP contribution is 2.43. The molecule has 1 aliphatic rings. The molecule has 0 radical (unpaired) electrons. The Bertz CT molecular complexity index is 1430. The van der Waals surface area contributed by atoms with Gasteiger partial charge in [-0.05, 0) is 61.0 Å². The van der Waals surface area contributed by atoms with Crippen molar-refractivity contribution in [2.24, 2.45) is 0 Å². The number of aliphatic hydroxyl groups excluding tert-OH is 1. The molecule has 1 fully saturated rings. The second-order valence-corrected chi connectivity index (χ2v) is 8.19. The number of Topliss-reactive ketones (excluding diaryl/α,β-unsaturated/α-hetero) is 1. The summed E-state index contributed by atoms with van der Waals surface area (Å²) >= 11 is 0. The van der Waals surface area contributed by atoms with Gasteiger partial charge in [-0.25, -0.2) is 0 Å². The van der Waals surface area contributed by atoms with Gasteiger partial charge in [0.15, 0.2) is 0 Å². The van der Waals surface area contributed by atoms with E-state index < -0.39 is 23.7 Å². The smallest absolute Gasteiger partial charge is 0.308 e.